The molecule has 8 nitrogen and oxygen atoms in total. The number of amides is 1. The summed E-state index contributed by atoms with van der Waals surface area (Å²) >= 11 is 0. The number of aromatic nitrogens is 2. The summed E-state index contributed by atoms with van der Waals surface area (Å²) in [6.45, 7) is 5.20. The summed E-state index contributed by atoms with van der Waals surface area (Å²) in [4.78, 5) is 19.1. The van der Waals surface area contributed by atoms with E-state index in [9.17, 15) is 13.2 Å². The Kier molecular flexibility index (Phi) is 5.93. The van der Waals surface area contributed by atoms with E-state index in [1.807, 2.05) is 11.8 Å². The summed E-state index contributed by atoms with van der Waals surface area (Å²) in [5, 5.41) is 0.0836. The summed E-state index contributed by atoms with van der Waals surface area (Å²) in [7, 11) is -1.83. The van der Waals surface area contributed by atoms with E-state index >= 15 is 0 Å². The number of likely N-dealkylation sites (tertiary alicyclic amines) is 1. The van der Waals surface area contributed by atoms with Crippen LogP contribution in [0, 0.1) is 12.8 Å². The van der Waals surface area contributed by atoms with Crippen molar-refractivity contribution in [2.24, 2.45) is 18.7 Å². The van der Waals surface area contributed by atoms with Crippen LogP contribution in [0.25, 0.3) is 0 Å². The van der Waals surface area contributed by atoms with E-state index in [1.165, 1.54) is 4.31 Å². The molecule has 0 saturated carbocycles. The van der Waals surface area contributed by atoms with Gasteiger partial charge in [-0.05, 0) is 46.0 Å². The highest BCUT2D eigenvalue weighted by Crippen LogP contribution is 2.28. The number of hydrogen-bond acceptors (Lipinski definition) is 5. The molecule has 2 aliphatic heterocycles. The van der Waals surface area contributed by atoms with Crippen molar-refractivity contribution in [2.45, 2.75) is 63.1 Å². The fourth-order valence-corrected chi connectivity index (χ4v) is 5.63. The van der Waals surface area contributed by atoms with Crippen molar-refractivity contribution in [1.82, 2.24) is 18.8 Å². The number of nitrogens with zero attached hydrogens (tertiary/aromatic N) is 4. The molecule has 2 saturated heterocycles. The average molecular weight is 398 g/mol. The first-order valence-corrected chi connectivity index (χ1v) is 11.2. The highest BCUT2D eigenvalue weighted by Gasteiger charge is 2.37. The lowest BCUT2D eigenvalue weighted by Gasteiger charge is -2.41. The molecule has 0 spiro atoms. The van der Waals surface area contributed by atoms with Gasteiger partial charge in [-0.3, -0.25) is 4.79 Å². The van der Waals surface area contributed by atoms with Gasteiger partial charge in [0.2, 0.25) is 5.91 Å². The lowest BCUT2D eigenvalue weighted by molar-refractivity contribution is -0.141. The fraction of sp³-hybridized carbons (Fsp3) is 0.778. The van der Waals surface area contributed by atoms with Crippen LogP contribution in [0.3, 0.4) is 0 Å². The van der Waals surface area contributed by atoms with Crippen LogP contribution in [0.2, 0.25) is 0 Å². The number of hydrogen-bond donors (Lipinski definition) is 1. The van der Waals surface area contributed by atoms with E-state index in [0.717, 1.165) is 25.8 Å². The Morgan fingerprint density at radius 1 is 1.22 bits per heavy atom. The minimum atomic E-state index is -3.61. The van der Waals surface area contributed by atoms with E-state index in [2.05, 4.69) is 4.98 Å². The fourth-order valence-electron chi connectivity index (χ4n) is 4.14. The zero-order valence-corrected chi connectivity index (χ0v) is 17.3. The van der Waals surface area contributed by atoms with Crippen LogP contribution in [-0.2, 0) is 21.9 Å². The van der Waals surface area contributed by atoms with Gasteiger partial charge in [0.1, 0.15) is 5.82 Å². The van der Waals surface area contributed by atoms with Gasteiger partial charge in [0.25, 0.3) is 10.0 Å². The molecule has 1 aromatic rings. The zero-order chi connectivity index (χ0) is 19.8. The number of aryl methyl sites for hydroxylation is 2. The molecule has 3 heterocycles. The summed E-state index contributed by atoms with van der Waals surface area (Å²) in [5.74, 6) is 0.676. The van der Waals surface area contributed by atoms with Gasteiger partial charge in [-0.25, -0.2) is 13.4 Å². The number of carbonyl (C=O) groups is 1. The molecule has 2 N–H and O–H groups in total. The Labute approximate surface area is 161 Å². The van der Waals surface area contributed by atoms with Crippen LogP contribution in [0.4, 0.5) is 0 Å². The first-order valence-electron chi connectivity index (χ1n) is 9.78. The summed E-state index contributed by atoms with van der Waals surface area (Å²) in [6, 6.07) is 0.0617. The molecular weight excluding hydrogens is 366 g/mol. The molecule has 2 atom stereocenters. The largest absolute Gasteiger partial charge is 0.338 e. The van der Waals surface area contributed by atoms with Crippen LogP contribution in [0.1, 0.15) is 44.9 Å². The number of nitrogens with two attached hydrogens (primary N) is 1. The molecule has 9 heteroatoms. The van der Waals surface area contributed by atoms with Gasteiger partial charge in [0.15, 0.2) is 5.03 Å². The third kappa shape index (κ3) is 4.05. The molecule has 2 fully saturated rings. The second-order valence-corrected chi connectivity index (χ2v) is 9.75. The number of piperidine rings is 2. The molecule has 1 amide bonds. The standard InChI is InChI=1S/C18H31N5O3S/c1-13(19)16-6-4-5-9-23(16)18(24)15-7-10-22(11-8-15)27(25,26)17-12-21(3)14(2)20-17/h12-13,15-16H,4-11,19H2,1-3H3. The highest BCUT2D eigenvalue weighted by molar-refractivity contribution is 7.89. The van der Waals surface area contributed by atoms with Crippen molar-refractivity contribution in [1.29, 1.82) is 0 Å². The van der Waals surface area contributed by atoms with Crippen molar-refractivity contribution in [3.05, 3.63) is 12.0 Å². The van der Waals surface area contributed by atoms with Crippen molar-refractivity contribution < 1.29 is 13.2 Å². The lowest BCUT2D eigenvalue weighted by Crippen LogP contribution is -2.54. The molecule has 1 aromatic heterocycles. The number of carbonyl (C=O) groups excluding carboxylic acids is 1. The quantitative estimate of drug-likeness (QED) is 0.812. The molecule has 152 valence electrons. The zero-order valence-electron chi connectivity index (χ0n) is 16.5. The maximum Gasteiger partial charge on any atom is 0.262 e. The van der Waals surface area contributed by atoms with E-state index in [-0.39, 0.29) is 28.9 Å². The van der Waals surface area contributed by atoms with E-state index in [1.54, 1.807) is 24.7 Å². The Morgan fingerprint density at radius 2 is 1.89 bits per heavy atom. The Bertz CT molecular complexity index is 761. The second kappa shape index (κ2) is 7.89. The van der Waals surface area contributed by atoms with Crippen molar-refractivity contribution in [3.8, 4) is 0 Å². The monoisotopic (exact) mass is 397 g/mol. The third-order valence-corrected chi connectivity index (χ3v) is 7.70. The topological polar surface area (TPSA) is 102 Å². The Morgan fingerprint density at radius 3 is 2.44 bits per heavy atom. The van der Waals surface area contributed by atoms with Crippen LogP contribution < -0.4 is 5.73 Å². The average Bonchev–Trinajstić information content (AvgIpc) is 3.00. The van der Waals surface area contributed by atoms with Crippen LogP contribution in [0.5, 0.6) is 0 Å². The number of rotatable bonds is 4. The van der Waals surface area contributed by atoms with Crippen LogP contribution in [0.15, 0.2) is 11.2 Å². The number of sulfonamides is 1. The lowest BCUT2D eigenvalue weighted by atomic mass is 9.91. The Hall–Kier alpha value is -1.45. The highest BCUT2D eigenvalue weighted by atomic mass is 32.2. The second-order valence-electron chi connectivity index (χ2n) is 7.87. The molecule has 0 radical (unpaired) electrons. The first kappa shape index (κ1) is 20.3. The molecule has 0 aliphatic carbocycles. The predicted molar refractivity (Wildman–Crippen MR) is 102 cm³/mol. The minimum absolute atomic E-state index is 0.0397. The number of imidazole rings is 1. The molecule has 3 rings (SSSR count). The molecular formula is C18H31N5O3S. The molecule has 2 unspecified atom stereocenters. The Balaban J connectivity index is 1.65. The van der Waals surface area contributed by atoms with Gasteiger partial charge >= 0.3 is 0 Å². The maximum absolute atomic E-state index is 13.0. The smallest absolute Gasteiger partial charge is 0.262 e. The van der Waals surface area contributed by atoms with Gasteiger partial charge in [-0.1, -0.05) is 0 Å². The van der Waals surface area contributed by atoms with Crippen molar-refractivity contribution in [3.63, 3.8) is 0 Å². The first-order chi connectivity index (χ1) is 12.7. The predicted octanol–water partition coefficient (Wildman–Crippen LogP) is 0.858. The van der Waals surface area contributed by atoms with E-state index in [0.29, 0.717) is 31.8 Å². The van der Waals surface area contributed by atoms with Gasteiger partial charge < -0.3 is 15.2 Å². The summed E-state index contributed by atoms with van der Waals surface area (Å²) < 4.78 is 28.8. The molecule has 27 heavy (non-hydrogen) atoms. The maximum atomic E-state index is 13.0. The third-order valence-electron chi connectivity index (χ3n) is 5.93. The van der Waals surface area contributed by atoms with Crippen LogP contribution in [-0.4, -0.2) is 64.8 Å². The van der Waals surface area contributed by atoms with E-state index in [4.69, 9.17) is 5.73 Å². The van der Waals surface area contributed by atoms with Crippen LogP contribution >= 0.6 is 0 Å². The van der Waals surface area contributed by atoms with Crippen molar-refractivity contribution in [2.75, 3.05) is 19.6 Å². The molecule has 0 bridgehead atoms. The molecule has 0 aromatic carbocycles. The van der Waals surface area contributed by atoms with Gasteiger partial charge in [-0.2, -0.15) is 4.31 Å². The van der Waals surface area contributed by atoms with E-state index < -0.39 is 10.0 Å². The van der Waals surface area contributed by atoms with Gasteiger partial charge in [0, 0.05) is 50.9 Å². The summed E-state index contributed by atoms with van der Waals surface area (Å²) in [6.07, 6.45) is 5.72. The van der Waals surface area contributed by atoms with Crippen molar-refractivity contribution >= 4 is 15.9 Å². The normalized spacial score (nSPS) is 24.1. The minimum Gasteiger partial charge on any atom is -0.338 e. The van der Waals surface area contributed by atoms with Gasteiger partial charge in [0.05, 0.1) is 0 Å². The summed E-state index contributed by atoms with van der Waals surface area (Å²) in [5.41, 5.74) is 6.09. The molecule has 2 aliphatic rings. The van der Waals surface area contributed by atoms with Gasteiger partial charge in [-0.15, -0.1) is 0 Å². The SMILES string of the molecule is Cc1nc(S(=O)(=O)N2CCC(C(=O)N3CCCCC3C(C)N)CC2)cn1C.